The van der Waals surface area contributed by atoms with Gasteiger partial charge < -0.3 is 10.6 Å². The van der Waals surface area contributed by atoms with Crippen LogP contribution in [0.4, 0.5) is 10.8 Å². The van der Waals surface area contributed by atoms with Gasteiger partial charge >= 0.3 is 0 Å². The van der Waals surface area contributed by atoms with Crippen LogP contribution in [-0.2, 0) is 4.79 Å². The van der Waals surface area contributed by atoms with Crippen LogP contribution in [0.25, 0.3) is 0 Å². The number of hydrogen-bond donors (Lipinski definition) is 2. The largest absolute Gasteiger partial charge is 0.360 e. The summed E-state index contributed by atoms with van der Waals surface area (Å²) in [7, 11) is 0. The molecule has 1 aromatic carbocycles. The molecule has 2 rings (SSSR count). The molecule has 130 valence electrons. The van der Waals surface area contributed by atoms with Gasteiger partial charge in [-0.2, -0.15) is 0 Å². The normalized spacial score (nSPS) is 13.3. The van der Waals surface area contributed by atoms with E-state index in [1.54, 1.807) is 0 Å². The van der Waals surface area contributed by atoms with Crippen LogP contribution in [0.3, 0.4) is 0 Å². The van der Waals surface area contributed by atoms with E-state index in [9.17, 15) is 4.79 Å². The van der Waals surface area contributed by atoms with E-state index in [-0.39, 0.29) is 11.2 Å². The van der Waals surface area contributed by atoms with E-state index in [1.165, 1.54) is 28.7 Å². The second kappa shape index (κ2) is 9.03. The van der Waals surface area contributed by atoms with E-state index in [2.05, 4.69) is 40.7 Å². The van der Waals surface area contributed by atoms with E-state index >= 15 is 0 Å². The number of thioether (sulfide) groups is 1. The first-order valence-electron chi connectivity index (χ1n) is 8.18. The van der Waals surface area contributed by atoms with Gasteiger partial charge in [-0.15, -0.1) is 10.2 Å². The van der Waals surface area contributed by atoms with Crippen molar-refractivity contribution < 1.29 is 4.79 Å². The van der Waals surface area contributed by atoms with Crippen LogP contribution in [0.2, 0.25) is 0 Å². The molecule has 0 fully saturated rings. The topological polar surface area (TPSA) is 66.9 Å². The first-order chi connectivity index (χ1) is 11.5. The molecule has 0 aliphatic carbocycles. The summed E-state index contributed by atoms with van der Waals surface area (Å²) in [5, 5.41) is 14.9. The average Bonchev–Trinajstić information content (AvgIpc) is 3.02. The first kappa shape index (κ1) is 18.7. The number of carbonyl (C=O) groups is 1. The highest BCUT2D eigenvalue weighted by atomic mass is 32.2. The van der Waals surface area contributed by atoms with E-state index in [0.717, 1.165) is 28.1 Å². The summed E-state index contributed by atoms with van der Waals surface area (Å²) in [6.07, 6.45) is 1.04. The number of amides is 1. The molecule has 2 atom stereocenters. The van der Waals surface area contributed by atoms with Crippen LogP contribution in [0, 0.1) is 0 Å². The fourth-order valence-electron chi connectivity index (χ4n) is 2.18. The third-order valence-electron chi connectivity index (χ3n) is 3.74. The minimum absolute atomic E-state index is 0.0176. The number of benzene rings is 1. The quantitative estimate of drug-likeness (QED) is 0.670. The number of rotatable bonds is 8. The van der Waals surface area contributed by atoms with Gasteiger partial charge in [0.25, 0.3) is 0 Å². The van der Waals surface area contributed by atoms with Gasteiger partial charge in [0, 0.05) is 12.2 Å². The van der Waals surface area contributed by atoms with Crippen LogP contribution in [0.1, 0.15) is 45.6 Å². The van der Waals surface area contributed by atoms with Gasteiger partial charge in [-0.3, -0.25) is 4.79 Å². The molecule has 2 aromatic rings. The van der Waals surface area contributed by atoms with Gasteiger partial charge in [-0.05, 0) is 37.8 Å². The van der Waals surface area contributed by atoms with Gasteiger partial charge in [-0.25, -0.2) is 0 Å². The van der Waals surface area contributed by atoms with E-state index < -0.39 is 0 Å². The van der Waals surface area contributed by atoms with Crippen LogP contribution in [-0.4, -0.2) is 27.9 Å². The Labute approximate surface area is 151 Å². The molecule has 1 amide bonds. The highest BCUT2D eigenvalue weighted by molar-refractivity contribution is 8.02. The molecule has 0 saturated carbocycles. The second-order valence-corrected chi connectivity index (χ2v) is 8.11. The molecule has 2 N–H and O–H groups in total. The Hall–Kier alpha value is -1.60. The molecule has 24 heavy (non-hydrogen) atoms. The summed E-state index contributed by atoms with van der Waals surface area (Å²) < 4.78 is 0.795. The molecule has 0 saturated heterocycles. The predicted octanol–water partition coefficient (Wildman–Crippen LogP) is 4.60. The maximum absolute atomic E-state index is 12.5. The number of nitrogens with zero attached hydrogens (tertiary/aromatic N) is 2. The molecular formula is C17H24N4OS2. The van der Waals surface area contributed by atoms with E-state index in [0.29, 0.717) is 5.92 Å². The molecule has 1 heterocycles. The summed E-state index contributed by atoms with van der Waals surface area (Å²) in [6.45, 7) is 9.03. The molecule has 7 heteroatoms. The first-order valence-corrected chi connectivity index (χ1v) is 9.88. The Morgan fingerprint density at radius 1 is 1.25 bits per heavy atom. The standard InChI is InChI=1S/C17H24N4OS2/c1-5-11(3)13-9-7-8-10-14(13)19-15(22)12(4)23-17-21-20-16(24-17)18-6-2/h7-12H,5-6H2,1-4H3,(H,18,20)(H,19,22)/t11-,12-/m1/s1. The number of nitrogens with one attached hydrogen (secondary N) is 2. The van der Waals surface area contributed by atoms with Gasteiger partial charge in [0.2, 0.25) is 11.0 Å². The number of anilines is 2. The van der Waals surface area contributed by atoms with Crippen molar-refractivity contribution in [3.63, 3.8) is 0 Å². The molecule has 0 radical (unpaired) electrons. The van der Waals surface area contributed by atoms with Crippen LogP contribution in [0.15, 0.2) is 28.6 Å². The summed E-state index contributed by atoms with van der Waals surface area (Å²) in [5.41, 5.74) is 2.07. The summed E-state index contributed by atoms with van der Waals surface area (Å²) in [4.78, 5) is 12.5. The zero-order chi connectivity index (χ0) is 17.5. The molecule has 0 spiro atoms. The lowest BCUT2D eigenvalue weighted by molar-refractivity contribution is -0.115. The van der Waals surface area contributed by atoms with Crippen molar-refractivity contribution in [2.45, 2.75) is 49.6 Å². The summed E-state index contributed by atoms with van der Waals surface area (Å²) >= 11 is 2.90. The minimum atomic E-state index is -0.239. The lowest BCUT2D eigenvalue weighted by atomic mass is 9.97. The summed E-state index contributed by atoms with van der Waals surface area (Å²) in [6, 6.07) is 8.01. The van der Waals surface area contributed by atoms with Crippen molar-refractivity contribution >= 4 is 39.8 Å². The van der Waals surface area contributed by atoms with Gasteiger partial charge in [0.15, 0.2) is 4.34 Å². The predicted molar refractivity (Wildman–Crippen MR) is 103 cm³/mol. The number of para-hydroxylation sites is 1. The molecule has 0 aliphatic rings. The Balaban J connectivity index is 2.01. The zero-order valence-electron chi connectivity index (χ0n) is 14.5. The molecule has 0 aliphatic heterocycles. The minimum Gasteiger partial charge on any atom is -0.360 e. The average molecular weight is 365 g/mol. The number of aromatic nitrogens is 2. The van der Waals surface area contributed by atoms with E-state index in [1.807, 2.05) is 32.0 Å². The molecule has 0 unspecified atom stereocenters. The molecular weight excluding hydrogens is 340 g/mol. The number of hydrogen-bond acceptors (Lipinski definition) is 6. The zero-order valence-corrected chi connectivity index (χ0v) is 16.1. The van der Waals surface area contributed by atoms with Crippen molar-refractivity contribution in [2.75, 3.05) is 17.2 Å². The Bertz CT molecular complexity index is 674. The summed E-state index contributed by atoms with van der Waals surface area (Å²) in [5.74, 6) is 0.395. The third-order valence-corrected chi connectivity index (χ3v) is 5.81. The highest BCUT2D eigenvalue weighted by Crippen LogP contribution is 2.31. The Morgan fingerprint density at radius 3 is 2.71 bits per heavy atom. The SMILES string of the molecule is CCNc1nnc(S[C@H](C)C(=O)Nc2ccccc2[C@H](C)CC)s1. The Morgan fingerprint density at radius 2 is 2.00 bits per heavy atom. The Kier molecular flexibility index (Phi) is 7.05. The third kappa shape index (κ3) is 4.95. The molecule has 1 aromatic heterocycles. The van der Waals surface area contributed by atoms with Crippen molar-refractivity contribution in [3.05, 3.63) is 29.8 Å². The maximum Gasteiger partial charge on any atom is 0.237 e. The fourth-order valence-corrected chi connectivity index (χ4v) is 4.14. The second-order valence-electron chi connectivity index (χ2n) is 5.55. The van der Waals surface area contributed by atoms with Crippen molar-refractivity contribution in [2.24, 2.45) is 0 Å². The highest BCUT2D eigenvalue weighted by Gasteiger charge is 2.19. The number of carbonyl (C=O) groups excluding carboxylic acids is 1. The smallest absolute Gasteiger partial charge is 0.237 e. The van der Waals surface area contributed by atoms with E-state index in [4.69, 9.17) is 0 Å². The van der Waals surface area contributed by atoms with Gasteiger partial charge in [0.1, 0.15) is 0 Å². The van der Waals surface area contributed by atoms with Gasteiger partial charge in [-0.1, -0.05) is 55.1 Å². The molecule has 0 bridgehead atoms. The van der Waals surface area contributed by atoms with Crippen LogP contribution in [0.5, 0.6) is 0 Å². The molecule has 5 nitrogen and oxygen atoms in total. The lowest BCUT2D eigenvalue weighted by Gasteiger charge is -2.17. The van der Waals surface area contributed by atoms with Crippen molar-refractivity contribution in [1.29, 1.82) is 0 Å². The van der Waals surface area contributed by atoms with Gasteiger partial charge in [0.05, 0.1) is 5.25 Å². The van der Waals surface area contributed by atoms with Crippen molar-refractivity contribution in [3.8, 4) is 0 Å². The maximum atomic E-state index is 12.5. The monoisotopic (exact) mass is 364 g/mol. The fraction of sp³-hybridized carbons (Fsp3) is 0.471. The van der Waals surface area contributed by atoms with Crippen LogP contribution < -0.4 is 10.6 Å². The van der Waals surface area contributed by atoms with Crippen LogP contribution >= 0.6 is 23.1 Å². The van der Waals surface area contributed by atoms with Crippen molar-refractivity contribution in [1.82, 2.24) is 10.2 Å². The lowest BCUT2D eigenvalue weighted by Crippen LogP contribution is -2.23.